The van der Waals surface area contributed by atoms with Gasteiger partial charge < -0.3 is 9.55 Å². The molecule has 0 saturated heterocycles. The molecule has 4 aromatic rings. The van der Waals surface area contributed by atoms with Crippen LogP contribution in [-0.4, -0.2) is 29.7 Å². The van der Waals surface area contributed by atoms with Crippen LogP contribution in [0.15, 0.2) is 58.7 Å². The zero-order valence-electron chi connectivity index (χ0n) is 14.2. The SMILES string of the molecule is CC(Sc1nnc(-c2ccncc2)n1C)c1nc2ccccc2c(=O)[nH]1. The van der Waals surface area contributed by atoms with Crippen molar-refractivity contribution in [1.29, 1.82) is 0 Å². The van der Waals surface area contributed by atoms with Gasteiger partial charge in [0.25, 0.3) is 5.56 Å². The van der Waals surface area contributed by atoms with Gasteiger partial charge in [-0.25, -0.2) is 4.98 Å². The van der Waals surface area contributed by atoms with Crippen LogP contribution in [0.5, 0.6) is 0 Å². The Bertz CT molecular complexity index is 1120. The molecule has 1 atom stereocenters. The molecule has 0 spiro atoms. The molecule has 1 N–H and O–H groups in total. The fourth-order valence-electron chi connectivity index (χ4n) is 2.68. The molecule has 0 aliphatic carbocycles. The number of hydrogen-bond donors (Lipinski definition) is 1. The van der Waals surface area contributed by atoms with E-state index in [1.165, 1.54) is 11.8 Å². The zero-order chi connectivity index (χ0) is 18.1. The number of aromatic amines is 1. The third-order valence-electron chi connectivity index (χ3n) is 4.07. The van der Waals surface area contributed by atoms with Crippen molar-refractivity contribution in [3.05, 3.63) is 65.0 Å². The van der Waals surface area contributed by atoms with E-state index < -0.39 is 0 Å². The largest absolute Gasteiger partial charge is 0.309 e. The number of rotatable bonds is 4. The number of benzene rings is 1. The number of fused-ring (bicyclic) bond motifs is 1. The Morgan fingerprint density at radius 3 is 2.69 bits per heavy atom. The average molecular weight is 364 g/mol. The molecule has 0 fully saturated rings. The van der Waals surface area contributed by atoms with Gasteiger partial charge in [0.15, 0.2) is 11.0 Å². The molecule has 0 radical (unpaired) electrons. The number of nitrogens with zero attached hydrogens (tertiary/aromatic N) is 5. The number of nitrogens with one attached hydrogen (secondary N) is 1. The van der Waals surface area contributed by atoms with E-state index in [1.807, 2.05) is 48.9 Å². The first-order valence-electron chi connectivity index (χ1n) is 8.09. The standard InChI is InChI=1S/C18H16N6OS/c1-11(15-20-14-6-4-3-5-13(14)17(25)21-15)26-18-23-22-16(24(18)2)12-7-9-19-10-8-12/h3-11H,1-2H3,(H,20,21,25). The molecule has 3 heterocycles. The van der Waals surface area contributed by atoms with E-state index in [2.05, 4.69) is 25.1 Å². The van der Waals surface area contributed by atoms with E-state index in [9.17, 15) is 4.79 Å². The van der Waals surface area contributed by atoms with E-state index in [-0.39, 0.29) is 10.8 Å². The highest BCUT2D eigenvalue weighted by atomic mass is 32.2. The van der Waals surface area contributed by atoms with Gasteiger partial charge in [-0.05, 0) is 31.2 Å². The minimum Gasteiger partial charge on any atom is -0.309 e. The fraction of sp³-hybridized carbons (Fsp3) is 0.167. The zero-order valence-corrected chi connectivity index (χ0v) is 15.1. The lowest BCUT2D eigenvalue weighted by Gasteiger charge is -2.11. The van der Waals surface area contributed by atoms with Gasteiger partial charge in [0.2, 0.25) is 0 Å². The van der Waals surface area contributed by atoms with E-state index in [1.54, 1.807) is 18.5 Å². The van der Waals surface area contributed by atoms with Crippen molar-refractivity contribution in [2.24, 2.45) is 7.05 Å². The number of aromatic nitrogens is 6. The number of pyridine rings is 1. The predicted octanol–water partition coefficient (Wildman–Crippen LogP) is 2.97. The lowest BCUT2D eigenvalue weighted by Crippen LogP contribution is -2.13. The molecule has 0 aliphatic rings. The highest BCUT2D eigenvalue weighted by molar-refractivity contribution is 7.99. The van der Waals surface area contributed by atoms with Crippen molar-refractivity contribution in [3.63, 3.8) is 0 Å². The second-order valence-electron chi connectivity index (χ2n) is 5.83. The maximum Gasteiger partial charge on any atom is 0.258 e. The highest BCUT2D eigenvalue weighted by Gasteiger charge is 2.17. The Morgan fingerprint density at radius 2 is 1.88 bits per heavy atom. The highest BCUT2D eigenvalue weighted by Crippen LogP contribution is 2.33. The van der Waals surface area contributed by atoms with Gasteiger partial charge >= 0.3 is 0 Å². The summed E-state index contributed by atoms with van der Waals surface area (Å²) in [5, 5.41) is 9.81. The molecule has 8 heteroatoms. The fourth-order valence-corrected chi connectivity index (χ4v) is 3.55. The first kappa shape index (κ1) is 16.5. The van der Waals surface area contributed by atoms with Gasteiger partial charge in [0.1, 0.15) is 5.82 Å². The number of thioether (sulfide) groups is 1. The Hall–Kier alpha value is -3.00. The van der Waals surface area contributed by atoms with Gasteiger partial charge in [-0.3, -0.25) is 9.78 Å². The third-order valence-corrected chi connectivity index (χ3v) is 5.21. The summed E-state index contributed by atoms with van der Waals surface area (Å²) in [7, 11) is 1.92. The van der Waals surface area contributed by atoms with Crippen molar-refractivity contribution < 1.29 is 0 Å². The number of para-hydroxylation sites is 1. The summed E-state index contributed by atoms with van der Waals surface area (Å²) < 4.78 is 1.93. The molecule has 0 bridgehead atoms. The molecule has 26 heavy (non-hydrogen) atoms. The Labute approximate surface area is 153 Å². The number of hydrogen-bond acceptors (Lipinski definition) is 6. The normalized spacial score (nSPS) is 12.4. The van der Waals surface area contributed by atoms with E-state index >= 15 is 0 Å². The molecule has 7 nitrogen and oxygen atoms in total. The minimum atomic E-state index is -0.131. The molecular weight excluding hydrogens is 348 g/mol. The molecule has 3 aromatic heterocycles. The minimum absolute atomic E-state index is 0.0829. The summed E-state index contributed by atoms with van der Waals surface area (Å²) in [4.78, 5) is 23.8. The van der Waals surface area contributed by atoms with Crippen LogP contribution >= 0.6 is 11.8 Å². The van der Waals surface area contributed by atoms with Crippen LogP contribution in [0.4, 0.5) is 0 Å². The summed E-state index contributed by atoms with van der Waals surface area (Å²) >= 11 is 1.50. The summed E-state index contributed by atoms with van der Waals surface area (Å²) in [5.74, 6) is 1.38. The second-order valence-corrected chi connectivity index (χ2v) is 7.14. The Morgan fingerprint density at radius 1 is 1.12 bits per heavy atom. The second kappa shape index (κ2) is 6.72. The maximum absolute atomic E-state index is 12.3. The van der Waals surface area contributed by atoms with Crippen LogP contribution in [0.2, 0.25) is 0 Å². The van der Waals surface area contributed by atoms with Crippen molar-refractivity contribution in [3.8, 4) is 11.4 Å². The molecular formula is C18H16N6OS. The summed E-state index contributed by atoms with van der Waals surface area (Å²) in [6.07, 6.45) is 3.45. The molecule has 1 unspecified atom stereocenters. The summed E-state index contributed by atoms with van der Waals surface area (Å²) in [5.41, 5.74) is 1.51. The molecule has 0 saturated carbocycles. The smallest absolute Gasteiger partial charge is 0.258 e. The van der Waals surface area contributed by atoms with Gasteiger partial charge in [0.05, 0.1) is 16.2 Å². The molecule has 0 aliphatic heterocycles. The van der Waals surface area contributed by atoms with Gasteiger partial charge in [-0.1, -0.05) is 23.9 Å². The number of H-pyrrole nitrogens is 1. The van der Waals surface area contributed by atoms with Crippen LogP contribution in [-0.2, 0) is 7.05 Å². The van der Waals surface area contributed by atoms with Gasteiger partial charge in [0, 0.05) is 25.0 Å². The quantitative estimate of drug-likeness (QED) is 0.560. The third kappa shape index (κ3) is 2.99. The predicted molar refractivity (Wildman–Crippen MR) is 101 cm³/mol. The monoisotopic (exact) mass is 364 g/mol. The van der Waals surface area contributed by atoms with Crippen LogP contribution in [0, 0.1) is 0 Å². The molecule has 130 valence electrons. The topological polar surface area (TPSA) is 89.3 Å². The summed E-state index contributed by atoms with van der Waals surface area (Å²) in [6, 6.07) is 11.1. The Balaban J connectivity index is 1.64. The van der Waals surface area contributed by atoms with E-state index in [4.69, 9.17) is 0 Å². The van der Waals surface area contributed by atoms with Crippen LogP contribution in [0.3, 0.4) is 0 Å². The Kier molecular flexibility index (Phi) is 4.26. The maximum atomic E-state index is 12.3. The molecule has 0 amide bonds. The van der Waals surface area contributed by atoms with E-state index in [0.29, 0.717) is 16.7 Å². The average Bonchev–Trinajstić information content (AvgIpc) is 3.03. The van der Waals surface area contributed by atoms with Gasteiger partial charge in [-0.2, -0.15) is 0 Å². The van der Waals surface area contributed by atoms with Crippen molar-refractivity contribution in [2.45, 2.75) is 17.3 Å². The van der Waals surface area contributed by atoms with Crippen molar-refractivity contribution >= 4 is 22.7 Å². The van der Waals surface area contributed by atoms with Crippen molar-refractivity contribution in [1.82, 2.24) is 29.7 Å². The van der Waals surface area contributed by atoms with Crippen molar-refractivity contribution in [2.75, 3.05) is 0 Å². The molecule has 4 rings (SSSR count). The lowest BCUT2D eigenvalue weighted by atomic mass is 10.2. The van der Waals surface area contributed by atoms with Crippen LogP contribution in [0.25, 0.3) is 22.3 Å². The first-order valence-corrected chi connectivity index (χ1v) is 8.97. The first-order chi connectivity index (χ1) is 12.6. The summed E-state index contributed by atoms with van der Waals surface area (Å²) in [6.45, 7) is 1.98. The van der Waals surface area contributed by atoms with Crippen LogP contribution < -0.4 is 5.56 Å². The lowest BCUT2D eigenvalue weighted by molar-refractivity contribution is 0.786. The van der Waals surface area contributed by atoms with Gasteiger partial charge in [-0.15, -0.1) is 10.2 Å². The van der Waals surface area contributed by atoms with Crippen LogP contribution in [0.1, 0.15) is 18.0 Å². The van der Waals surface area contributed by atoms with E-state index in [0.717, 1.165) is 16.5 Å². The molecule has 1 aromatic carbocycles.